The van der Waals surface area contributed by atoms with Crippen LogP contribution in [0.5, 0.6) is 0 Å². The zero-order valence-corrected chi connectivity index (χ0v) is 15.9. The summed E-state index contributed by atoms with van der Waals surface area (Å²) in [7, 11) is 3.66. The van der Waals surface area contributed by atoms with Crippen LogP contribution < -0.4 is 5.69 Å². The smallest absolute Gasteiger partial charge is 0.350 e. The third-order valence-electron chi connectivity index (χ3n) is 3.22. The lowest BCUT2D eigenvalue weighted by Gasteiger charge is -2.22. The van der Waals surface area contributed by atoms with E-state index in [0.29, 0.717) is 11.4 Å². The standard InChI is InChI=1S/C18H28N4O2/c1-17(2,3)14(23)10-9-13-11-22(18(4,5)6)16(24)20-15(13)19-12-21(7)8/h9-12H,1-8H3/b10-9+,19-12+. The van der Waals surface area contributed by atoms with E-state index in [9.17, 15) is 9.59 Å². The molecule has 1 aromatic rings. The Bertz CT molecular complexity index is 714. The number of carbonyl (C=O) groups is 1. The second-order valence-electron chi connectivity index (χ2n) is 8.00. The quantitative estimate of drug-likeness (QED) is 0.483. The monoisotopic (exact) mass is 332 g/mol. The van der Waals surface area contributed by atoms with Crippen molar-refractivity contribution in [3.8, 4) is 0 Å². The number of nitrogens with zero attached hydrogens (tertiary/aromatic N) is 4. The van der Waals surface area contributed by atoms with Crippen molar-refractivity contribution >= 4 is 24.0 Å². The Morgan fingerprint density at radius 2 is 1.79 bits per heavy atom. The van der Waals surface area contributed by atoms with Gasteiger partial charge in [-0.15, -0.1) is 0 Å². The molecule has 0 radical (unpaired) electrons. The first-order chi connectivity index (χ1) is 10.8. The second kappa shape index (κ2) is 7.11. The number of aliphatic imine (C=N–C) groups is 1. The van der Waals surface area contributed by atoms with Crippen molar-refractivity contribution < 1.29 is 4.79 Å². The molecule has 0 aliphatic heterocycles. The first kappa shape index (κ1) is 19.8. The molecule has 0 aliphatic rings. The molecule has 0 aliphatic carbocycles. The molecule has 0 atom stereocenters. The van der Waals surface area contributed by atoms with Crippen LogP contribution in [-0.4, -0.2) is 40.7 Å². The van der Waals surface area contributed by atoms with Crippen LogP contribution in [0.25, 0.3) is 6.08 Å². The molecule has 0 N–H and O–H groups in total. The molecule has 1 rings (SSSR count). The summed E-state index contributed by atoms with van der Waals surface area (Å²) >= 11 is 0. The number of ketones is 1. The third kappa shape index (κ3) is 5.44. The molecule has 1 heterocycles. The molecule has 0 bridgehead atoms. The summed E-state index contributed by atoms with van der Waals surface area (Å²) in [6.07, 6.45) is 6.46. The molecule has 0 aromatic carbocycles. The van der Waals surface area contributed by atoms with Crippen molar-refractivity contribution in [3.63, 3.8) is 0 Å². The van der Waals surface area contributed by atoms with E-state index < -0.39 is 11.0 Å². The fraction of sp³-hybridized carbons (Fsp3) is 0.556. The van der Waals surface area contributed by atoms with E-state index in [0.717, 1.165) is 0 Å². The summed E-state index contributed by atoms with van der Waals surface area (Å²) in [4.78, 5) is 34.5. The average Bonchev–Trinajstić information content (AvgIpc) is 2.40. The molecule has 0 spiro atoms. The average molecular weight is 332 g/mol. The van der Waals surface area contributed by atoms with E-state index in [-0.39, 0.29) is 11.5 Å². The molecule has 6 nitrogen and oxygen atoms in total. The maximum atomic E-state index is 12.3. The minimum Gasteiger partial charge on any atom is -0.369 e. The van der Waals surface area contributed by atoms with Crippen molar-refractivity contribution in [2.45, 2.75) is 47.1 Å². The van der Waals surface area contributed by atoms with Gasteiger partial charge in [-0.2, -0.15) is 4.98 Å². The Morgan fingerprint density at radius 1 is 1.21 bits per heavy atom. The van der Waals surface area contributed by atoms with Gasteiger partial charge in [0.1, 0.15) is 0 Å². The van der Waals surface area contributed by atoms with Gasteiger partial charge in [-0.1, -0.05) is 20.8 Å². The highest BCUT2D eigenvalue weighted by Gasteiger charge is 2.20. The van der Waals surface area contributed by atoms with E-state index in [1.807, 2.05) is 55.6 Å². The minimum atomic E-state index is -0.463. The molecular formula is C18H28N4O2. The highest BCUT2D eigenvalue weighted by molar-refractivity contribution is 5.97. The molecule has 132 valence electrons. The number of carbonyl (C=O) groups excluding carboxylic acids is 1. The first-order valence-electron chi connectivity index (χ1n) is 7.89. The van der Waals surface area contributed by atoms with Gasteiger partial charge >= 0.3 is 5.69 Å². The van der Waals surface area contributed by atoms with Crippen molar-refractivity contribution in [1.82, 2.24) is 14.5 Å². The van der Waals surface area contributed by atoms with Gasteiger partial charge in [-0.25, -0.2) is 9.79 Å². The van der Waals surface area contributed by atoms with Crippen LogP contribution >= 0.6 is 0 Å². The van der Waals surface area contributed by atoms with E-state index in [2.05, 4.69) is 9.98 Å². The van der Waals surface area contributed by atoms with Gasteiger partial charge in [0.05, 0.1) is 6.34 Å². The van der Waals surface area contributed by atoms with Gasteiger partial charge in [-0.3, -0.25) is 9.36 Å². The zero-order chi connectivity index (χ0) is 18.7. The molecule has 1 aromatic heterocycles. The summed E-state index contributed by atoms with van der Waals surface area (Å²) in [6.45, 7) is 11.4. The van der Waals surface area contributed by atoms with Crippen LogP contribution in [0.4, 0.5) is 5.82 Å². The molecule has 6 heteroatoms. The summed E-state index contributed by atoms with van der Waals surface area (Å²) in [6, 6.07) is 0. The van der Waals surface area contributed by atoms with Gasteiger partial charge in [0.2, 0.25) is 0 Å². The Balaban J connectivity index is 3.45. The van der Waals surface area contributed by atoms with E-state index in [1.165, 1.54) is 6.08 Å². The van der Waals surface area contributed by atoms with Crippen LogP contribution in [-0.2, 0) is 10.3 Å². The van der Waals surface area contributed by atoms with Crippen molar-refractivity contribution in [2.24, 2.45) is 10.4 Å². The van der Waals surface area contributed by atoms with E-state index in [4.69, 9.17) is 0 Å². The molecule has 0 unspecified atom stereocenters. The summed E-state index contributed by atoms with van der Waals surface area (Å²) in [5.74, 6) is 0.297. The molecule has 24 heavy (non-hydrogen) atoms. The van der Waals surface area contributed by atoms with Gasteiger partial charge in [0.15, 0.2) is 11.6 Å². The number of aromatic nitrogens is 2. The lowest BCUT2D eigenvalue weighted by atomic mass is 9.90. The maximum Gasteiger partial charge on any atom is 0.350 e. The maximum absolute atomic E-state index is 12.3. The Morgan fingerprint density at radius 3 is 2.25 bits per heavy atom. The Labute approximate surface area is 143 Å². The van der Waals surface area contributed by atoms with Crippen LogP contribution in [0.15, 0.2) is 22.1 Å². The molecule has 0 fully saturated rings. The normalized spacial score (nSPS) is 13.0. The fourth-order valence-corrected chi connectivity index (χ4v) is 1.75. The predicted molar refractivity (Wildman–Crippen MR) is 98.8 cm³/mol. The molecule has 0 saturated heterocycles. The fourth-order valence-electron chi connectivity index (χ4n) is 1.75. The minimum absolute atomic E-state index is 0.00134. The van der Waals surface area contributed by atoms with Crippen LogP contribution in [0.3, 0.4) is 0 Å². The Kier molecular flexibility index (Phi) is 5.87. The highest BCUT2D eigenvalue weighted by Crippen LogP contribution is 2.21. The SMILES string of the molecule is CN(C)/C=N/c1nc(=O)n(C(C)(C)C)cc1/C=C/C(=O)C(C)(C)C. The van der Waals surface area contributed by atoms with Crippen molar-refractivity contribution in [3.05, 3.63) is 28.3 Å². The van der Waals surface area contributed by atoms with E-state index in [1.54, 1.807) is 28.1 Å². The first-order valence-corrected chi connectivity index (χ1v) is 7.89. The van der Waals surface area contributed by atoms with E-state index >= 15 is 0 Å². The van der Waals surface area contributed by atoms with Gasteiger partial charge in [0, 0.05) is 36.8 Å². The molecule has 0 amide bonds. The molecular weight excluding hydrogens is 304 g/mol. The third-order valence-corrected chi connectivity index (χ3v) is 3.22. The van der Waals surface area contributed by atoms with Gasteiger partial charge in [-0.05, 0) is 32.9 Å². The lowest BCUT2D eigenvalue weighted by Crippen LogP contribution is -2.35. The number of hydrogen-bond acceptors (Lipinski definition) is 4. The summed E-state index contributed by atoms with van der Waals surface area (Å²) < 4.78 is 1.54. The zero-order valence-electron chi connectivity index (χ0n) is 15.9. The summed E-state index contributed by atoms with van der Waals surface area (Å²) in [5.41, 5.74) is -0.618. The second-order valence-corrected chi connectivity index (χ2v) is 8.00. The highest BCUT2D eigenvalue weighted by atomic mass is 16.1. The number of allylic oxidation sites excluding steroid dienone is 1. The summed E-state index contributed by atoms with van der Waals surface area (Å²) in [5, 5.41) is 0. The number of hydrogen-bond donors (Lipinski definition) is 0. The Hall–Kier alpha value is -2.24. The van der Waals surface area contributed by atoms with Crippen molar-refractivity contribution in [1.29, 1.82) is 0 Å². The van der Waals surface area contributed by atoms with Gasteiger partial charge < -0.3 is 4.90 Å². The number of rotatable bonds is 4. The predicted octanol–water partition coefficient (Wildman–Crippen LogP) is 2.85. The molecule has 0 saturated carbocycles. The van der Waals surface area contributed by atoms with Crippen LogP contribution in [0.2, 0.25) is 0 Å². The van der Waals surface area contributed by atoms with Crippen molar-refractivity contribution in [2.75, 3.05) is 14.1 Å². The topological polar surface area (TPSA) is 67.6 Å². The lowest BCUT2D eigenvalue weighted by molar-refractivity contribution is -0.121. The van der Waals surface area contributed by atoms with Crippen LogP contribution in [0.1, 0.15) is 47.1 Å². The van der Waals surface area contributed by atoms with Crippen LogP contribution in [0, 0.1) is 5.41 Å². The largest absolute Gasteiger partial charge is 0.369 e. The van der Waals surface area contributed by atoms with Gasteiger partial charge in [0.25, 0.3) is 0 Å².